The number of H-pyrrole nitrogens is 1. The zero-order chi connectivity index (χ0) is 13.5. The standard InChI is InChI=1S/C13H14N2O3S/c16-13-8-12(10-4-2-1-3-5-10)14-15(13)11-6-7-19(17,18)9-11/h1-5,8,11,14H,6-7,9H2/t11-/m1/s1. The van der Waals surface area contributed by atoms with Crippen LogP contribution in [0, 0.1) is 0 Å². The number of aromatic nitrogens is 2. The third kappa shape index (κ3) is 2.35. The molecule has 1 atom stereocenters. The maximum Gasteiger partial charge on any atom is 0.267 e. The summed E-state index contributed by atoms with van der Waals surface area (Å²) < 4.78 is 24.4. The fourth-order valence-electron chi connectivity index (χ4n) is 2.43. The van der Waals surface area contributed by atoms with Crippen LogP contribution in [0.2, 0.25) is 0 Å². The van der Waals surface area contributed by atoms with Gasteiger partial charge < -0.3 is 0 Å². The number of nitrogens with zero attached hydrogens (tertiary/aromatic N) is 1. The first-order valence-corrected chi connectivity index (χ1v) is 7.95. The van der Waals surface area contributed by atoms with E-state index in [1.165, 1.54) is 10.7 Å². The molecule has 3 rings (SSSR count). The van der Waals surface area contributed by atoms with Crippen LogP contribution in [0.5, 0.6) is 0 Å². The summed E-state index contributed by atoms with van der Waals surface area (Å²) >= 11 is 0. The second-order valence-electron chi connectivity index (χ2n) is 4.80. The fourth-order valence-corrected chi connectivity index (χ4v) is 4.13. The van der Waals surface area contributed by atoms with Gasteiger partial charge in [-0.3, -0.25) is 9.89 Å². The molecule has 1 saturated heterocycles. The second-order valence-corrected chi connectivity index (χ2v) is 7.03. The van der Waals surface area contributed by atoms with Crippen molar-refractivity contribution in [3.05, 3.63) is 46.8 Å². The van der Waals surface area contributed by atoms with Crippen LogP contribution in [0.25, 0.3) is 11.3 Å². The van der Waals surface area contributed by atoms with Crippen LogP contribution >= 0.6 is 0 Å². The van der Waals surface area contributed by atoms with Crippen molar-refractivity contribution in [2.45, 2.75) is 12.5 Å². The average molecular weight is 278 g/mol. The van der Waals surface area contributed by atoms with E-state index in [9.17, 15) is 13.2 Å². The molecule has 1 aliphatic rings. The van der Waals surface area contributed by atoms with Crippen LogP contribution < -0.4 is 5.56 Å². The van der Waals surface area contributed by atoms with E-state index >= 15 is 0 Å². The van der Waals surface area contributed by atoms with Crippen molar-refractivity contribution < 1.29 is 8.42 Å². The molecular formula is C13H14N2O3S. The Morgan fingerprint density at radius 2 is 1.95 bits per heavy atom. The van der Waals surface area contributed by atoms with Gasteiger partial charge in [0, 0.05) is 6.07 Å². The highest BCUT2D eigenvalue weighted by Crippen LogP contribution is 2.23. The molecule has 0 spiro atoms. The summed E-state index contributed by atoms with van der Waals surface area (Å²) in [7, 11) is -3.00. The van der Waals surface area contributed by atoms with Gasteiger partial charge >= 0.3 is 0 Å². The van der Waals surface area contributed by atoms with Crippen LogP contribution in [0.15, 0.2) is 41.2 Å². The molecule has 0 saturated carbocycles. The Hall–Kier alpha value is -1.82. The Bertz CT molecular complexity index is 744. The van der Waals surface area contributed by atoms with E-state index in [0.29, 0.717) is 6.42 Å². The molecule has 100 valence electrons. The highest BCUT2D eigenvalue weighted by atomic mass is 32.2. The van der Waals surface area contributed by atoms with Crippen LogP contribution in [-0.2, 0) is 9.84 Å². The summed E-state index contributed by atoms with van der Waals surface area (Å²) in [4.78, 5) is 11.9. The molecule has 0 aliphatic carbocycles. The maximum atomic E-state index is 11.9. The molecule has 0 amide bonds. The maximum absolute atomic E-state index is 11.9. The predicted octanol–water partition coefficient (Wildman–Crippen LogP) is 1.20. The van der Waals surface area contributed by atoms with Gasteiger partial charge in [0.25, 0.3) is 5.56 Å². The average Bonchev–Trinajstić information content (AvgIpc) is 2.93. The minimum absolute atomic E-state index is 0.0433. The van der Waals surface area contributed by atoms with Gasteiger partial charge in [0.15, 0.2) is 9.84 Å². The van der Waals surface area contributed by atoms with Gasteiger partial charge in [0.2, 0.25) is 0 Å². The van der Waals surface area contributed by atoms with Gasteiger partial charge in [0.1, 0.15) is 0 Å². The first-order valence-electron chi connectivity index (χ1n) is 6.12. The van der Waals surface area contributed by atoms with Gasteiger partial charge in [-0.25, -0.2) is 13.1 Å². The second kappa shape index (κ2) is 4.38. The summed E-state index contributed by atoms with van der Waals surface area (Å²) in [6.45, 7) is 0. The number of hydrogen-bond donors (Lipinski definition) is 1. The van der Waals surface area contributed by atoms with Gasteiger partial charge in [0.05, 0.1) is 23.2 Å². The Balaban J connectivity index is 1.97. The van der Waals surface area contributed by atoms with Gasteiger partial charge in [-0.15, -0.1) is 0 Å². The third-order valence-corrected chi connectivity index (χ3v) is 5.15. The van der Waals surface area contributed by atoms with E-state index in [0.717, 1.165) is 11.3 Å². The topological polar surface area (TPSA) is 71.9 Å². The van der Waals surface area contributed by atoms with Crippen LogP contribution in [0.4, 0.5) is 0 Å². The lowest BCUT2D eigenvalue weighted by Crippen LogP contribution is -2.22. The highest BCUT2D eigenvalue weighted by Gasteiger charge is 2.30. The molecule has 1 N–H and O–H groups in total. The molecular weight excluding hydrogens is 264 g/mol. The zero-order valence-corrected chi connectivity index (χ0v) is 11.1. The Labute approximate surface area is 110 Å². The van der Waals surface area contributed by atoms with Crippen molar-refractivity contribution in [3.63, 3.8) is 0 Å². The number of nitrogens with one attached hydrogen (secondary N) is 1. The van der Waals surface area contributed by atoms with Crippen LogP contribution in [0.3, 0.4) is 0 Å². The molecule has 6 heteroatoms. The van der Waals surface area contributed by atoms with Crippen molar-refractivity contribution >= 4 is 9.84 Å². The molecule has 5 nitrogen and oxygen atoms in total. The summed E-state index contributed by atoms with van der Waals surface area (Å²) in [6, 6.07) is 10.7. The van der Waals surface area contributed by atoms with E-state index in [4.69, 9.17) is 0 Å². The Kier molecular flexibility index (Phi) is 2.82. The molecule has 1 aliphatic heterocycles. The number of aromatic amines is 1. The molecule has 19 heavy (non-hydrogen) atoms. The Morgan fingerprint density at radius 1 is 1.21 bits per heavy atom. The number of hydrogen-bond acceptors (Lipinski definition) is 3. The molecule has 2 heterocycles. The molecule has 0 bridgehead atoms. The van der Waals surface area contributed by atoms with Crippen LogP contribution in [0.1, 0.15) is 12.5 Å². The molecule has 1 aromatic heterocycles. The lowest BCUT2D eigenvalue weighted by molar-refractivity contribution is 0.487. The summed E-state index contributed by atoms with van der Waals surface area (Å²) in [5.74, 6) is 0.200. The van der Waals surface area contributed by atoms with E-state index in [1.54, 1.807) is 0 Å². The SMILES string of the molecule is O=c1cc(-c2ccccc2)[nH]n1[C@@H]1CCS(=O)(=O)C1. The molecule has 0 radical (unpaired) electrons. The van der Waals surface area contributed by atoms with Gasteiger partial charge in [-0.2, -0.15) is 0 Å². The molecule has 2 aromatic rings. The molecule has 1 fully saturated rings. The fraction of sp³-hybridized carbons (Fsp3) is 0.308. The van der Waals surface area contributed by atoms with E-state index < -0.39 is 9.84 Å². The quantitative estimate of drug-likeness (QED) is 0.897. The normalized spacial score (nSPS) is 21.6. The summed E-state index contributed by atoms with van der Waals surface area (Å²) in [6.07, 6.45) is 0.497. The number of sulfone groups is 1. The van der Waals surface area contributed by atoms with Crippen molar-refractivity contribution in [1.82, 2.24) is 9.78 Å². The van der Waals surface area contributed by atoms with E-state index in [1.807, 2.05) is 30.3 Å². The summed E-state index contributed by atoms with van der Waals surface area (Å²) in [5, 5.41) is 3.02. The minimum Gasteiger partial charge on any atom is -0.295 e. The number of benzene rings is 1. The monoisotopic (exact) mass is 278 g/mol. The van der Waals surface area contributed by atoms with Crippen molar-refractivity contribution in [2.24, 2.45) is 0 Å². The minimum atomic E-state index is -3.00. The zero-order valence-electron chi connectivity index (χ0n) is 10.2. The first kappa shape index (κ1) is 12.2. The lowest BCUT2D eigenvalue weighted by Gasteiger charge is -2.08. The van der Waals surface area contributed by atoms with Crippen molar-refractivity contribution in [3.8, 4) is 11.3 Å². The highest BCUT2D eigenvalue weighted by molar-refractivity contribution is 7.91. The number of rotatable bonds is 2. The largest absolute Gasteiger partial charge is 0.295 e. The smallest absolute Gasteiger partial charge is 0.267 e. The van der Waals surface area contributed by atoms with E-state index in [-0.39, 0.29) is 23.1 Å². The first-order chi connectivity index (χ1) is 9.05. The summed E-state index contributed by atoms with van der Waals surface area (Å²) in [5.41, 5.74) is 1.45. The predicted molar refractivity (Wildman–Crippen MR) is 72.8 cm³/mol. The lowest BCUT2D eigenvalue weighted by atomic mass is 10.2. The van der Waals surface area contributed by atoms with Crippen molar-refractivity contribution in [1.29, 1.82) is 0 Å². The van der Waals surface area contributed by atoms with E-state index in [2.05, 4.69) is 5.10 Å². The van der Waals surface area contributed by atoms with Gasteiger partial charge in [-0.05, 0) is 12.0 Å². The van der Waals surface area contributed by atoms with Crippen molar-refractivity contribution in [2.75, 3.05) is 11.5 Å². The Morgan fingerprint density at radius 3 is 2.58 bits per heavy atom. The van der Waals surface area contributed by atoms with Gasteiger partial charge in [-0.1, -0.05) is 30.3 Å². The third-order valence-electron chi connectivity index (χ3n) is 3.40. The van der Waals surface area contributed by atoms with Crippen LogP contribution in [-0.4, -0.2) is 29.7 Å². The molecule has 1 aromatic carbocycles. The molecule has 0 unspecified atom stereocenters.